The summed E-state index contributed by atoms with van der Waals surface area (Å²) in [7, 11) is 0. The summed E-state index contributed by atoms with van der Waals surface area (Å²) >= 11 is 0. The Kier molecular flexibility index (Phi) is 6.93. The summed E-state index contributed by atoms with van der Waals surface area (Å²) in [6.07, 6.45) is 2.70. The average molecular weight is 286 g/mol. The molecule has 1 unspecified atom stereocenters. The normalized spacial score (nSPS) is 12.2. The fourth-order valence-electron chi connectivity index (χ4n) is 1.82. The Bertz CT molecular complexity index is 427. The van der Waals surface area contributed by atoms with Gasteiger partial charge in [-0.05, 0) is 18.6 Å². The molecular weight excluding hydrogens is 266 g/mol. The maximum atomic E-state index is 12.3. The Morgan fingerprint density at radius 2 is 2.10 bits per heavy atom. The number of hydrogen-bond donors (Lipinski definition) is 2. The fourth-order valence-corrected chi connectivity index (χ4v) is 1.82. The first-order valence-corrected chi connectivity index (χ1v) is 6.63. The molecule has 20 heavy (non-hydrogen) atoms. The maximum absolute atomic E-state index is 12.3. The van der Waals surface area contributed by atoms with E-state index >= 15 is 0 Å². The number of nitrogens with two attached hydrogens (primary N) is 1. The van der Waals surface area contributed by atoms with Crippen molar-refractivity contribution in [3.05, 3.63) is 29.8 Å². The lowest BCUT2D eigenvalue weighted by atomic mass is 10.1. The summed E-state index contributed by atoms with van der Waals surface area (Å²) in [6, 6.07) is 5.75. The molecule has 0 bridgehead atoms. The standard InChI is InChI=1S/C14H20F2N2O2/c1-2-3-6-10(9-17)18-13(19)11-7-4-5-8-12(11)20-14(15)16/h4-5,7-8,10,14H,2-3,6,9,17H2,1H3,(H,18,19). The number of nitrogens with one attached hydrogen (secondary N) is 1. The summed E-state index contributed by atoms with van der Waals surface area (Å²) in [4.78, 5) is 12.1. The number of benzene rings is 1. The molecule has 0 heterocycles. The molecule has 0 aliphatic rings. The van der Waals surface area contributed by atoms with Gasteiger partial charge in [-0.15, -0.1) is 0 Å². The largest absolute Gasteiger partial charge is 0.434 e. The molecule has 1 amide bonds. The number of ether oxygens (including phenoxy) is 1. The van der Waals surface area contributed by atoms with Crippen molar-refractivity contribution in [2.45, 2.75) is 38.8 Å². The van der Waals surface area contributed by atoms with Crippen LogP contribution < -0.4 is 15.8 Å². The van der Waals surface area contributed by atoms with Crippen molar-refractivity contribution < 1.29 is 18.3 Å². The van der Waals surface area contributed by atoms with E-state index in [2.05, 4.69) is 10.1 Å². The quantitative estimate of drug-likeness (QED) is 0.772. The minimum atomic E-state index is -2.96. The van der Waals surface area contributed by atoms with E-state index in [1.165, 1.54) is 18.2 Å². The first kappa shape index (κ1) is 16.4. The number of para-hydroxylation sites is 1. The lowest BCUT2D eigenvalue weighted by molar-refractivity contribution is -0.0501. The highest BCUT2D eigenvalue weighted by molar-refractivity contribution is 5.97. The molecule has 1 aromatic carbocycles. The van der Waals surface area contributed by atoms with Crippen molar-refractivity contribution in [1.29, 1.82) is 0 Å². The summed E-state index contributed by atoms with van der Waals surface area (Å²) in [6.45, 7) is -0.612. The van der Waals surface area contributed by atoms with E-state index in [1.807, 2.05) is 6.92 Å². The van der Waals surface area contributed by atoms with Crippen molar-refractivity contribution in [3.8, 4) is 5.75 Å². The fraction of sp³-hybridized carbons (Fsp3) is 0.500. The minimum absolute atomic E-state index is 0.0859. The van der Waals surface area contributed by atoms with Gasteiger partial charge in [-0.3, -0.25) is 4.79 Å². The van der Waals surface area contributed by atoms with Crippen LogP contribution in [0.4, 0.5) is 8.78 Å². The van der Waals surface area contributed by atoms with Crippen LogP contribution >= 0.6 is 0 Å². The Morgan fingerprint density at radius 1 is 1.40 bits per heavy atom. The number of halogens is 2. The molecular formula is C14H20F2N2O2. The third-order valence-corrected chi connectivity index (χ3v) is 2.87. The second kappa shape index (κ2) is 8.47. The molecule has 6 heteroatoms. The van der Waals surface area contributed by atoms with Crippen LogP contribution in [0.3, 0.4) is 0 Å². The number of amides is 1. The number of carbonyl (C=O) groups excluding carboxylic acids is 1. The Morgan fingerprint density at radius 3 is 2.70 bits per heavy atom. The highest BCUT2D eigenvalue weighted by Gasteiger charge is 2.17. The van der Waals surface area contributed by atoms with Gasteiger partial charge in [0, 0.05) is 12.6 Å². The maximum Gasteiger partial charge on any atom is 0.387 e. The highest BCUT2D eigenvalue weighted by Crippen LogP contribution is 2.20. The highest BCUT2D eigenvalue weighted by atomic mass is 19.3. The van der Waals surface area contributed by atoms with Crippen molar-refractivity contribution in [1.82, 2.24) is 5.32 Å². The third kappa shape index (κ3) is 5.13. The van der Waals surface area contributed by atoms with E-state index in [1.54, 1.807) is 6.07 Å². The first-order chi connectivity index (χ1) is 9.58. The zero-order chi connectivity index (χ0) is 15.0. The molecule has 0 radical (unpaired) electrons. The minimum Gasteiger partial charge on any atom is -0.434 e. The van der Waals surface area contributed by atoms with Crippen LogP contribution in [0.2, 0.25) is 0 Å². The average Bonchev–Trinajstić information content (AvgIpc) is 2.43. The van der Waals surface area contributed by atoms with Crippen molar-refractivity contribution in [2.24, 2.45) is 5.73 Å². The van der Waals surface area contributed by atoms with Gasteiger partial charge in [-0.2, -0.15) is 8.78 Å². The van der Waals surface area contributed by atoms with E-state index in [0.717, 1.165) is 19.3 Å². The first-order valence-electron chi connectivity index (χ1n) is 6.63. The lowest BCUT2D eigenvalue weighted by Gasteiger charge is -2.17. The Balaban J connectivity index is 2.75. The van der Waals surface area contributed by atoms with Gasteiger partial charge in [0.2, 0.25) is 0 Å². The van der Waals surface area contributed by atoms with Gasteiger partial charge in [0.25, 0.3) is 5.91 Å². The van der Waals surface area contributed by atoms with Crippen LogP contribution in [0.15, 0.2) is 24.3 Å². The second-order valence-corrected chi connectivity index (χ2v) is 4.42. The molecule has 0 spiro atoms. The summed E-state index contributed by atoms with van der Waals surface area (Å²) in [5.41, 5.74) is 5.68. The molecule has 1 atom stereocenters. The van der Waals surface area contributed by atoms with Gasteiger partial charge >= 0.3 is 6.61 Å². The molecule has 1 rings (SSSR count). The van der Waals surface area contributed by atoms with Crippen LogP contribution in [0.25, 0.3) is 0 Å². The number of alkyl halides is 2. The molecule has 0 aliphatic carbocycles. The Labute approximate surface area is 117 Å². The van der Waals surface area contributed by atoms with E-state index in [9.17, 15) is 13.6 Å². The van der Waals surface area contributed by atoms with Crippen molar-refractivity contribution in [3.63, 3.8) is 0 Å². The van der Waals surface area contributed by atoms with Crippen LogP contribution in [0, 0.1) is 0 Å². The smallest absolute Gasteiger partial charge is 0.387 e. The van der Waals surface area contributed by atoms with Gasteiger partial charge in [0.1, 0.15) is 5.75 Å². The SMILES string of the molecule is CCCCC(CN)NC(=O)c1ccccc1OC(F)F. The number of carbonyl (C=O) groups is 1. The Hall–Kier alpha value is -1.69. The number of hydrogen-bond acceptors (Lipinski definition) is 3. The van der Waals surface area contributed by atoms with Crippen LogP contribution in [0.1, 0.15) is 36.5 Å². The van der Waals surface area contributed by atoms with Crippen LogP contribution in [-0.4, -0.2) is 25.1 Å². The van der Waals surface area contributed by atoms with E-state index in [0.29, 0.717) is 6.54 Å². The summed E-state index contributed by atoms with van der Waals surface area (Å²) < 4.78 is 28.9. The molecule has 0 saturated carbocycles. The zero-order valence-electron chi connectivity index (χ0n) is 11.4. The van der Waals surface area contributed by atoms with Crippen molar-refractivity contribution in [2.75, 3.05) is 6.54 Å². The van der Waals surface area contributed by atoms with Crippen LogP contribution in [0.5, 0.6) is 5.75 Å². The second-order valence-electron chi connectivity index (χ2n) is 4.42. The molecule has 1 aromatic rings. The predicted octanol–water partition coefficient (Wildman–Crippen LogP) is 2.54. The summed E-state index contributed by atoms with van der Waals surface area (Å²) in [5, 5.41) is 2.74. The van der Waals surface area contributed by atoms with Crippen molar-refractivity contribution >= 4 is 5.91 Å². The summed E-state index contributed by atoms with van der Waals surface area (Å²) in [5.74, 6) is -0.584. The third-order valence-electron chi connectivity index (χ3n) is 2.87. The van der Waals surface area contributed by atoms with Gasteiger partial charge in [-0.1, -0.05) is 31.9 Å². The van der Waals surface area contributed by atoms with E-state index < -0.39 is 12.5 Å². The topological polar surface area (TPSA) is 64.3 Å². The lowest BCUT2D eigenvalue weighted by Crippen LogP contribution is -2.40. The monoisotopic (exact) mass is 286 g/mol. The molecule has 0 aromatic heterocycles. The van der Waals surface area contributed by atoms with Gasteiger partial charge in [-0.25, -0.2) is 0 Å². The molecule has 0 saturated heterocycles. The van der Waals surface area contributed by atoms with E-state index in [4.69, 9.17) is 5.73 Å². The predicted molar refractivity (Wildman–Crippen MR) is 72.9 cm³/mol. The van der Waals surface area contributed by atoms with Gasteiger partial charge in [0.05, 0.1) is 5.56 Å². The molecule has 3 N–H and O–H groups in total. The number of rotatable bonds is 8. The zero-order valence-corrected chi connectivity index (χ0v) is 11.4. The number of unbranched alkanes of at least 4 members (excludes halogenated alkanes) is 1. The van der Waals surface area contributed by atoms with Gasteiger partial charge in [0.15, 0.2) is 0 Å². The molecule has 0 fully saturated rings. The molecule has 112 valence electrons. The van der Waals surface area contributed by atoms with E-state index in [-0.39, 0.29) is 17.4 Å². The molecule has 4 nitrogen and oxygen atoms in total. The molecule has 0 aliphatic heterocycles. The van der Waals surface area contributed by atoms with Crippen LogP contribution in [-0.2, 0) is 0 Å². The van der Waals surface area contributed by atoms with Gasteiger partial charge < -0.3 is 15.8 Å².